The first-order valence-corrected chi connectivity index (χ1v) is 14.6. The van der Waals surface area contributed by atoms with Gasteiger partial charge in [0.1, 0.15) is 17.3 Å². The summed E-state index contributed by atoms with van der Waals surface area (Å²) in [4.78, 5) is 14.7. The Morgan fingerprint density at radius 3 is 2.34 bits per heavy atom. The molecule has 2 aromatic heterocycles. The Balaban J connectivity index is 1.40. The molecule has 0 saturated carbocycles. The first-order valence-electron chi connectivity index (χ1n) is 12.3. The average molecular weight is 515 g/mol. The number of aromatic nitrogens is 2. The number of benzene rings is 1. The van der Waals surface area contributed by atoms with Gasteiger partial charge in [-0.2, -0.15) is 4.31 Å². The molecular weight excluding hydrogens is 480 g/mol. The van der Waals surface area contributed by atoms with Gasteiger partial charge >= 0.3 is 0 Å². The van der Waals surface area contributed by atoms with Crippen LogP contribution >= 0.6 is 11.3 Å². The molecule has 0 radical (unpaired) electrons. The van der Waals surface area contributed by atoms with Crippen LogP contribution in [0.5, 0.6) is 0 Å². The maximum Gasteiger partial charge on any atom is 0.243 e. The molecule has 188 valence electrons. The maximum atomic E-state index is 13.4. The highest BCUT2D eigenvalue weighted by atomic mass is 32.2. The minimum atomic E-state index is -3.54. The highest BCUT2D eigenvalue weighted by Crippen LogP contribution is 2.40. The highest BCUT2D eigenvalue weighted by Gasteiger charge is 2.31. The Labute approximate surface area is 212 Å². The summed E-state index contributed by atoms with van der Waals surface area (Å²) in [6, 6.07) is 7.34. The van der Waals surface area contributed by atoms with Crippen molar-refractivity contribution in [3.8, 4) is 0 Å². The van der Waals surface area contributed by atoms with Crippen molar-refractivity contribution in [2.45, 2.75) is 63.4 Å². The Morgan fingerprint density at radius 1 is 1.00 bits per heavy atom. The number of piperazine rings is 1. The molecule has 1 aliphatic carbocycles. The molecule has 5 rings (SSSR count). The SMILES string of the molecule is COCc1nc(N2CCN(S(=O)(=O)c3ccc(C(C)(C)C)cc3)CC2)c2c3c(sc2n1)CCCC3. The Morgan fingerprint density at radius 2 is 1.69 bits per heavy atom. The summed E-state index contributed by atoms with van der Waals surface area (Å²) in [6.45, 7) is 8.81. The zero-order valence-corrected chi connectivity index (χ0v) is 22.6. The molecule has 3 heterocycles. The number of fused-ring (bicyclic) bond motifs is 3. The van der Waals surface area contributed by atoms with Crippen LogP contribution in [0.4, 0.5) is 5.82 Å². The first-order chi connectivity index (χ1) is 16.7. The lowest BCUT2D eigenvalue weighted by atomic mass is 9.87. The molecule has 0 N–H and O–H groups in total. The van der Waals surface area contributed by atoms with Gasteiger partial charge in [-0.1, -0.05) is 32.9 Å². The van der Waals surface area contributed by atoms with Crippen molar-refractivity contribution in [3.05, 3.63) is 46.1 Å². The lowest BCUT2D eigenvalue weighted by Gasteiger charge is -2.35. The van der Waals surface area contributed by atoms with E-state index in [0.717, 1.165) is 29.1 Å². The minimum absolute atomic E-state index is 0.0146. The van der Waals surface area contributed by atoms with Gasteiger partial charge in [-0.25, -0.2) is 18.4 Å². The topological polar surface area (TPSA) is 75.6 Å². The predicted octanol–water partition coefficient (Wildman–Crippen LogP) is 4.52. The number of nitrogens with zero attached hydrogens (tertiary/aromatic N) is 4. The minimum Gasteiger partial charge on any atom is -0.377 e. The number of aryl methyl sites for hydroxylation is 2. The van der Waals surface area contributed by atoms with Gasteiger partial charge in [0.15, 0.2) is 5.82 Å². The van der Waals surface area contributed by atoms with E-state index in [4.69, 9.17) is 14.7 Å². The monoisotopic (exact) mass is 514 g/mol. The standard InChI is InChI=1S/C26H34N4O3S2/c1-26(2,3)18-9-11-19(12-10-18)35(31,32)30-15-13-29(14-16-30)24-23-20-7-5-6-8-21(20)34-25(23)28-22(27-24)17-33-4/h9-12H,5-8,13-17H2,1-4H3. The Kier molecular flexibility index (Phi) is 6.63. The molecule has 3 aromatic rings. The summed E-state index contributed by atoms with van der Waals surface area (Å²) >= 11 is 1.78. The second-order valence-corrected chi connectivity index (χ2v) is 13.5. The van der Waals surface area contributed by atoms with E-state index in [2.05, 4.69) is 25.7 Å². The Bertz CT molecular complexity index is 1320. The van der Waals surface area contributed by atoms with Crippen LogP contribution in [0.25, 0.3) is 10.2 Å². The van der Waals surface area contributed by atoms with Gasteiger partial charge in [-0.15, -0.1) is 11.3 Å². The van der Waals surface area contributed by atoms with E-state index in [9.17, 15) is 8.42 Å². The fourth-order valence-corrected chi connectivity index (χ4v) is 7.72. The van der Waals surface area contributed by atoms with Crippen molar-refractivity contribution in [1.82, 2.24) is 14.3 Å². The molecule has 0 bridgehead atoms. The van der Waals surface area contributed by atoms with Gasteiger partial charge < -0.3 is 9.64 Å². The third-order valence-electron chi connectivity index (χ3n) is 7.01. The van der Waals surface area contributed by atoms with Gasteiger partial charge in [-0.05, 0) is 54.4 Å². The maximum absolute atomic E-state index is 13.4. The number of rotatable bonds is 5. The molecule has 9 heteroatoms. The van der Waals surface area contributed by atoms with E-state index in [1.54, 1.807) is 34.9 Å². The molecule has 1 saturated heterocycles. The summed E-state index contributed by atoms with van der Waals surface area (Å²) in [5, 5.41) is 1.17. The van der Waals surface area contributed by atoms with Crippen LogP contribution in [0, 0.1) is 0 Å². The van der Waals surface area contributed by atoms with E-state index >= 15 is 0 Å². The fourth-order valence-electron chi connectivity index (χ4n) is 5.02. The van der Waals surface area contributed by atoms with Crippen molar-refractivity contribution < 1.29 is 13.2 Å². The number of ether oxygens (including phenoxy) is 1. The number of thiophene rings is 1. The van der Waals surface area contributed by atoms with Crippen LogP contribution in [-0.4, -0.2) is 56.0 Å². The number of hydrogen-bond donors (Lipinski definition) is 0. The van der Waals surface area contributed by atoms with E-state index in [-0.39, 0.29) is 5.41 Å². The van der Waals surface area contributed by atoms with Crippen LogP contribution in [0.15, 0.2) is 29.2 Å². The van der Waals surface area contributed by atoms with Gasteiger partial charge in [0, 0.05) is 38.2 Å². The third kappa shape index (κ3) is 4.71. The summed E-state index contributed by atoms with van der Waals surface area (Å²) in [7, 11) is -1.88. The van der Waals surface area contributed by atoms with Crippen LogP contribution < -0.4 is 4.90 Å². The molecule has 0 spiro atoms. The van der Waals surface area contributed by atoms with E-state index in [1.807, 2.05) is 12.1 Å². The Hall–Kier alpha value is -2.07. The van der Waals surface area contributed by atoms with Gasteiger partial charge in [0.25, 0.3) is 0 Å². The summed E-state index contributed by atoms with van der Waals surface area (Å²) in [5.74, 6) is 1.62. The number of methoxy groups -OCH3 is 1. The highest BCUT2D eigenvalue weighted by molar-refractivity contribution is 7.89. The quantitative estimate of drug-likeness (QED) is 0.498. The van der Waals surface area contributed by atoms with Crippen molar-refractivity contribution in [3.63, 3.8) is 0 Å². The van der Waals surface area contributed by atoms with Crippen LogP contribution in [0.2, 0.25) is 0 Å². The molecule has 0 unspecified atom stereocenters. The molecule has 1 aliphatic heterocycles. The second kappa shape index (κ2) is 9.42. The number of hydrogen-bond acceptors (Lipinski definition) is 7. The lowest BCUT2D eigenvalue weighted by molar-refractivity contribution is 0.178. The average Bonchev–Trinajstić information content (AvgIpc) is 3.22. The molecule has 35 heavy (non-hydrogen) atoms. The lowest BCUT2D eigenvalue weighted by Crippen LogP contribution is -2.49. The molecule has 1 aromatic carbocycles. The second-order valence-electron chi connectivity index (χ2n) is 10.5. The zero-order chi connectivity index (χ0) is 24.8. The van der Waals surface area contributed by atoms with Crippen molar-refractivity contribution in [2.75, 3.05) is 38.2 Å². The molecule has 0 atom stereocenters. The largest absolute Gasteiger partial charge is 0.377 e. The van der Waals surface area contributed by atoms with E-state index in [1.165, 1.54) is 28.7 Å². The summed E-state index contributed by atoms with van der Waals surface area (Å²) < 4.78 is 33.7. The van der Waals surface area contributed by atoms with E-state index < -0.39 is 10.0 Å². The van der Waals surface area contributed by atoms with Crippen molar-refractivity contribution in [1.29, 1.82) is 0 Å². The van der Waals surface area contributed by atoms with E-state index in [0.29, 0.717) is 43.5 Å². The fraction of sp³-hybridized carbons (Fsp3) is 0.538. The predicted molar refractivity (Wildman–Crippen MR) is 141 cm³/mol. The third-order valence-corrected chi connectivity index (χ3v) is 10.1. The van der Waals surface area contributed by atoms with Crippen LogP contribution in [-0.2, 0) is 39.6 Å². The van der Waals surface area contributed by atoms with Crippen LogP contribution in [0.1, 0.15) is 55.4 Å². The normalized spacial score (nSPS) is 17.7. The zero-order valence-electron chi connectivity index (χ0n) is 21.0. The van der Waals surface area contributed by atoms with Crippen LogP contribution in [0.3, 0.4) is 0 Å². The summed E-state index contributed by atoms with van der Waals surface area (Å²) in [5.41, 5.74) is 2.50. The molecular formula is C26H34N4O3S2. The van der Waals surface area contributed by atoms with Gasteiger partial charge in [0.2, 0.25) is 10.0 Å². The van der Waals surface area contributed by atoms with Gasteiger partial charge in [-0.3, -0.25) is 0 Å². The smallest absolute Gasteiger partial charge is 0.243 e. The molecule has 2 aliphatic rings. The summed E-state index contributed by atoms with van der Waals surface area (Å²) in [6.07, 6.45) is 4.59. The molecule has 1 fully saturated rings. The molecule has 0 amide bonds. The van der Waals surface area contributed by atoms with Crippen molar-refractivity contribution >= 4 is 37.4 Å². The number of anilines is 1. The van der Waals surface area contributed by atoms with Crippen molar-refractivity contribution in [2.24, 2.45) is 0 Å². The van der Waals surface area contributed by atoms with Gasteiger partial charge in [0.05, 0.1) is 10.3 Å². The molecule has 7 nitrogen and oxygen atoms in total. The number of sulfonamides is 1. The first kappa shape index (κ1) is 24.6.